The number of amides is 2. The van der Waals surface area contributed by atoms with Crippen molar-refractivity contribution in [3.63, 3.8) is 0 Å². The maximum absolute atomic E-state index is 13.4. The molecule has 2 aromatic rings. The molecule has 0 aliphatic heterocycles. The Kier molecular flexibility index (Phi) is 4.27. The van der Waals surface area contributed by atoms with Gasteiger partial charge in [0.1, 0.15) is 0 Å². The molecule has 0 saturated carbocycles. The molecular weight excluding hydrogens is 264 g/mol. The van der Waals surface area contributed by atoms with Gasteiger partial charge in [0.2, 0.25) is 0 Å². The van der Waals surface area contributed by atoms with E-state index < -0.39 is 17.7 Å². The second-order valence-electron chi connectivity index (χ2n) is 4.09. The molecular formula is C14H13F2N3O. The van der Waals surface area contributed by atoms with Crippen molar-refractivity contribution in [2.75, 3.05) is 10.6 Å². The first kappa shape index (κ1) is 14.0. The van der Waals surface area contributed by atoms with Crippen LogP contribution in [0.4, 0.5) is 25.0 Å². The fourth-order valence-corrected chi connectivity index (χ4v) is 1.66. The molecule has 6 heteroatoms. The molecule has 0 heterocycles. The quantitative estimate of drug-likeness (QED) is 0.807. The molecule has 4 nitrogen and oxygen atoms in total. The summed E-state index contributed by atoms with van der Waals surface area (Å²) in [6.07, 6.45) is 0. The SMILES string of the molecule is NCc1cccc(NC(=O)Nc2cccc(F)c2F)c1. The van der Waals surface area contributed by atoms with E-state index in [-0.39, 0.29) is 5.69 Å². The van der Waals surface area contributed by atoms with Crippen LogP contribution in [0.2, 0.25) is 0 Å². The van der Waals surface area contributed by atoms with Crippen molar-refractivity contribution in [1.82, 2.24) is 0 Å². The van der Waals surface area contributed by atoms with Crippen LogP contribution < -0.4 is 16.4 Å². The number of rotatable bonds is 3. The zero-order valence-corrected chi connectivity index (χ0v) is 10.5. The summed E-state index contributed by atoms with van der Waals surface area (Å²) in [5.41, 5.74) is 6.63. The molecule has 2 rings (SSSR count). The summed E-state index contributed by atoms with van der Waals surface area (Å²) in [7, 11) is 0. The smallest absolute Gasteiger partial charge is 0.323 e. The molecule has 0 aliphatic carbocycles. The van der Waals surface area contributed by atoms with Gasteiger partial charge in [-0.15, -0.1) is 0 Å². The Morgan fingerprint density at radius 3 is 2.60 bits per heavy atom. The standard InChI is InChI=1S/C14H13F2N3O/c15-11-5-2-6-12(13(11)16)19-14(20)18-10-4-1-3-9(7-10)8-17/h1-7H,8,17H2,(H2,18,19,20). The van der Waals surface area contributed by atoms with Gasteiger partial charge < -0.3 is 16.4 Å². The minimum atomic E-state index is -1.10. The summed E-state index contributed by atoms with van der Waals surface area (Å²) in [4.78, 5) is 11.7. The van der Waals surface area contributed by atoms with Crippen molar-refractivity contribution in [2.45, 2.75) is 6.54 Å². The predicted molar refractivity (Wildman–Crippen MR) is 73.3 cm³/mol. The van der Waals surface area contributed by atoms with Crippen molar-refractivity contribution in [2.24, 2.45) is 5.73 Å². The van der Waals surface area contributed by atoms with Gasteiger partial charge in [0.25, 0.3) is 0 Å². The molecule has 0 spiro atoms. The van der Waals surface area contributed by atoms with E-state index in [1.165, 1.54) is 12.1 Å². The van der Waals surface area contributed by atoms with Crippen molar-refractivity contribution < 1.29 is 13.6 Å². The van der Waals surface area contributed by atoms with Crippen LogP contribution in [-0.2, 0) is 6.54 Å². The summed E-state index contributed by atoms with van der Waals surface area (Å²) < 4.78 is 26.4. The Balaban J connectivity index is 2.07. The van der Waals surface area contributed by atoms with E-state index in [1.807, 2.05) is 6.07 Å². The predicted octanol–water partition coefficient (Wildman–Crippen LogP) is 3.07. The largest absolute Gasteiger partial charge is 0.326 e. The third-order valence-corrected chi connectivity index (χ3v) is 2.62. The summed E-state index contributed by atoms with van der Waals surface area (Å²) in [6.45, 7) is 0.343. The molecule has 104 valence electrons. The van der Waals surface area contributed by atoms with Gasteiger partial charge in [-0.05, 0) is 29.8 Å². The van der Waals surface area contributed by atoms with Crippen LogP contribution in [0.5, 0.6) is 0 Å². The molecule has 20 heavy (non-hydrogen) atoms. The maximum Gasteiger partial charge on any atom is 0.323 e. The van der Waals surface area contributed by atoms with Crippen LogP contribution in [0.15, 0.2) is 42.5 Å². The summed E-state index contributed by atoms with van der Waals surface area (Å²) in [5, 5.41) is 4.76. The average molecular weight is 277 g/mol. The number of nitrogens with one attached hydrogen (secondary N) is 2. The van der Waals surface area contributed by atoms with E-state index in [9.17, 15) is 13.6 Å². The number of urea groups is 1. The minimum Gasteiger partial charge on any atom is -0.326 e. The highest BCUT2D eigenvalue weighted by molar-refractivity contribution is 5.99. The van der Waals surface area contributed by atoms with Gasteiger partial charge in [0.05, 0.1) is 5.69 Å². The van der Waals surface area contributed by atoms with Gasteiger partial charge in [0, 0.05) is 12.2 Å². The van der Waals surface area contributed by atoms with E-state index in [2.05, 4.69) is 10.6 Å². The average Bonchev–Trinajstić information content (AvgIpc) is 2.44. The second kappa shape index (κ2) is 6.12. The zero-order valence-electron chi connectivity index (χ0n) is 10.5. The Bertz CT molecular complexity index is 632. The highest BCUT2D eigenvalue weighted by Crippen LogP contribution is 2.17. The number of benzene rings is 2. The lowest BCUT2D eigenvalue weighted by atomic mass is 10.2. The molecule has 2 amide bonds. The van der Waals surface area contributed by atoms with E-state index in [1.54, 1.807) is 18.2 Å². The van der Waals surface area contributed by atoms with Crippen LogP contribution >= 0.6 is 0 Å². The van der Waals surface area contributed by atoms with Gasteiger partial charge in [-0.3, -0.25) is 0 Å². The number of anilines is 2. The number of carbonyl (C=O) groups is 1. The molecule has 0 aliphatic rings. The van der Waals surface area contributed by atoms with Crippen LogP contribution in [0.3, 0.4) is 0 Å². The second-order valence-corrected chi connectivity index (χ2v) is 4.09. The van der Waals surface area contributed by atoms with Crippen molar-refractivity contribution >= 4 is 17.4 Å². The van der Waals surface area contributed by atoms with Crippen molar-refractivity contribution in [3.05, 3.63) is 59.7 Å². The summed E-state index contributed by atoms with van der Waals surface area (Å²) in [5.74, 6) is -2.12. The first-order valence-corrected chi connectivity index (χ1v) is 5.91. The third-order valence-electron chi connectivity index (χ3n) is 2.62. The Labute approximate surface area is 114 Å². The number of hydrogen-bond acceptors (Lipinski definition) is 2. The lowest BCUT2D eigenvalue weighted by Gasteiger charge is -2.09. The van der Waals surface area contributed by atoms with Crippen LogP contribution in [0, 0.1) is 11.6 Å². The third kappa shape index (κ3) is 3.30. The van der Waals surface area contributed by atoms with Crippen LogP contribution in [-0.4, -0.2) is 6.03 Å². The fourth-order valence-electron chi connectivity index (χ4n) is 1.66. The van der Waals surface area contributed by atoms with E-state index in [4.69, 9.17) is 5.73 Å². The first-order valence-electron chi connectivity index (χ1n) is 5.91. The highest BCUT2D eigenvalue weighted by Gasteiger charge is 2.10. The normalized spacial score (nSPS) is 10.2. The highest BCUT2D eigenvalue weighted by atomic mass is 19.2. The summed E-state index contributed by atoms with van der Waals surface area (Å²) in [6, 6.07) is 9.81. The molecule has 0 fully saturated rings. The molecule has 0 atom stereocenters. The fraction of sp³-hybridized carbons (Fsp3) is 0.0714. The van der Waals surface area contributed by atoms with Crippen molar-refractivity contribution in [3.8, 4) is 0 Å². The van der Waals surface area contributed by atoms with Crippen molar-refractivity contribution in [1.29, 1.82) is 0 Å². The number of hydrogen-bond donors (Lipinski definition) is 3. The van der Waals surface area contributed by atoms with E-state index in [0.29, 0.717) is 12.2 Å². The molecule has 0 radical (unpaired) electrons. The Morgan fingerprint density at radius 2 is 1.85 bits per heavy atom. The van der Waals surface area contributed by atoms with Gasteiger partial charge in [-0.2, -0.15) is 0 Å². The van der Waals surface area contributed by atoms with Crippen LogP contribution in [0.1, 0.15) is 5.56 Å². The maximum atomic E-state index is 13.4. The lowest BCUT2D eigenvalue weighted by Crippen LogP contribution is -2.20. The minimum absolute atomic E-state index is 0.225. The first-order chi connectivity index (χ1) is 9.60. The Morgan fingerprint density at radius 1 is 1.10 bits per heavy atom. The van der Waals surface area contributed by atoms with Crippen LogP contribution in [0.25, 0.3) is 0 Å². The number of carbonyl (C=O) groups excluding carboxylic acids is 1. The lowest BCUT2D eigenvalue weighted by molar-refractivity contribution is 0.262. The monoisotopic (exact) mass is 277 g/mol. The zero-order chi connectivity index (χ0) is 14.5. The molecule has 0 bridgehead atoms. The molecule has 2 aromatic carbocycles. The van der Waals surface area contributed by atoms with E-state index >= 15 is 0 Å². The Hall–Kier alpha value is -2.47. The molecule has 0 aromatic heterocycles. The van der Waals surface area contributed by atoms with Gasteiger partial charge in [-0.25, -0.2) is 13.6 Å². The van der Waals surface area contributed by atoms with E-state index in [0.717, 1.165) is 11.6 Å². The molecule has 0 saturated heterocycles. The topological polar surface area (TPSA) is 67.1 Å². The molecule has 0 unspecified atom stereocenters. The van der Waals surface area contributed by atoms with Gasteiger partial charge in [0.15, 0.2) is 11.6 Å². The number of nitrogens with two attached hydrogens (primary N) is 1. The van der Waals surface area contributed by atoms with Gasteiger partial charge in [-0.1, -0.05) is 18.2 Å². The molecule has 4 N–H and O–H groups in total. The van der Waals surface area contributed by atoms with Gasteiger partial charge >= 0.3 is 6.03 Å². The number of halogens is 2. The summed E-state index contributed by atoms with van der Waals surface area (Å²) >= 11 is 0.